The molecule has 166 valence electrons. The Morgan fingerprint density at radius 2 is 2.06 bits per heavy atom. The van der Waals surface area contributed by atoms with Crippen LogP contribution in [-0.2, 0) is 28.9 Å². The van der Waals surface area contributed by atoms with Crippen molar-refractivity contribution in [1.29, 1.82) is 0 Å². The number of nitrogens with one attached hydrogen (secondary N) is 1. The van der Waals surface area contributed by atoms with Crippen molar-refractivity contribution >= 4 is 34.1 Å². The van der Waals surface area contributed by atoms with Gasteiger partial charge >= 0.3 is 0 Å². The smallest absolute Gasteiger partial charge is 0.228 e. The average molecular weight is 512 g/mol. The molecule has 0 bridgehead atoms. The topological polar surface area (TPSA) is 50.3 Å². The summed E-state index contributed by atoms with van der Waals surface area (Å²) in [6.45, 7) is 3.52. The number of aromatic amines is 1. The molecule has 0 unspecified atom stereocenters. The molecule has 1 atom stereocenters. The van der Waals surface area contributed by atoms with Crippen LogP contribution in [0.3, 0.4) is 0 Å². The second-order valence-corrected chi connectivity index (χ2v) is 10.2. The highest BCUT2D eigenvalue weighted by Gasteiger charge is 2.39. The van der Waals surface area contributed by atoms with Crippen LogP contribution < -0.4 is 0 Å². The number of rotatable bonds is 3. The van der Waals surface area contributed by atoms with Gasteiger partial charge in [0.05, 0.1) is 17.5 Å². The molecule has 0 radical (unpaired) electrons. The Hall–Kier alpha value is -1.58. The number of amides is 1. The predicted molar refractivity (Wildman–Crippen MR) is 118 cm³/mol. The van der Waals surface area contributed by atoms with Crippen LogP contribution >= 0.6 is 28.1 Å². The lowest BCUT2D eigenvalue weighted by atomic mass is 9.78. The molecule has 2 aromatic rings. The normalized spacial score (nSPS) is 22.3. The molecule has 3 aliphatic rings. The van der Waals surface area contributed by atoms with E-state index in [9.17, 15) is 13.6 Å². The summed E-state index contributed by atoms with van der Waals surface area (Å²) >= 11 is 8.59. The molecule has 5 nitrogen and oxygen atoms in total. The average Bonchev–Trinajstić information content (AvgIpc) is 3.44. The number of H-pyrrole nitrogens is 1. The van der Waals surface area contributed by atoms with Gasteiger partial charge in [0.2, 0.25) is 5.91 Å². The van der Waals surface area contributed by atoms with Gasteiger partial charge < -0.3 is 19.2 Å². The molecule has 1 aromatic heterocycles. The van der Waals surface area contributed by atoms with Gasteiger partial charge in [-0.25, -0.2) is 8.78 Å². The fourth-order valence-electron chi connectivity index (χ4n) is 5.29. The van der Waals surface area contributed by atoms with Crippen LogP contribution in [0.4, 0.5) is 8.78 Å². The number of benzene rings is 1. The van der Waals surface area contributed by atoms with Crippen molar-refractivity contribution in [1.82, 2.24) is 14.5 Å². The third-order valence-corrected chi connectivity index (χ3v) is 8.13. The maximum absolute atomic E-state index is 14.6. The molecule has 4 heterocycles. The molecule has 1 N–H and O–H groups in total. The summed E-state index contributed by atoms with van der Waals surface area (Å²) in [5.74, 6) is -1.41. The molecule has 1 spiro atoms. The van der Waals surface area contributed by atoms with Gasteiger partial charge in [-0.1, -0.05) is 0 Å². The van der Waals surface area contributed by atoms with Crippen LogP contribution in [0.1, 0.15) is 42.1 Å². The maximum atomic E-state index is 14.6. The van der Waals surface area contributed by atoms with Crippen molar-refractivity contribution in [2.75, 3.05) is 26.3 Å². The van der Waals surface area contributed by atoms with E-state index in [1.807, 2.05) is 9.47 Å². The summed E-state index contributed by atoms with van der Waals surface area (Å²) in [6.07, 6.45) is 3.71. The van der Waals surface area contributed by atoms with E-state index in [1.165, 1.54) is 12.1 Å². The van der Waals surface area contributed by atoms with Gasteiger partial charge in [-0.2, -0.15) is 0 Å². The Balaban J connectivity index is 1.31. The third kappa shape index (κ3) is 3.78. The van der Waals surface area contributed by atoms with Crippen molar-refractivity contribution in [3.63, 3.8) is 0 Å². The van der Waals surface area contributed by atoms with E-state index < -0.39 is 11.6 Å². The largest absolute Gasteiger partial charge is 0.381 e. The Labute approximate surface area is 192 Å². The minimum atomic E-state index is -0.568. The first-order valence-corrected chi connectivity index (χ1v) is 11.9. The van der Waals surface area contributed by atoms with Crippen molar-refractivity contribution in [3.8, 4) is 0 Å². The highest BCUT2D eigenvalue weighted by atomic mass is 79.9. The lowest BCUT2D eigenvalue weighted by molar-refractivity contribution is -0.132. The van der Waals surface area contributed by atoms with E-state index in [0.717, 1.165) is 57.0 Å². The fourth-order valence-corrected chi connectivity index (χ4v) is 5.95. The fraction of sp³-hybridized carbons (Fsp3) is 0.545. The quantitative estimate of drug-likeness (QED) is 0.487. The number of likely N-dealkylation sites (tertiary alicyclic amines) is 1. The number of carbonyl (C=O) groups is 1. The number of hydrogen-bond donors (Lipinski definition) is 1. The van der Waals surface area contributed by atoms with E-state index in [4.69, 9.17) is 17.0 Å². The molecule has 2 saturated heterocycles. The van der Waals surface area contributed by atoms with E-state index in [1.54, 1.807) is 0 Å². The molecular weight excluding hydrogens is 488 g/mol. The molecular formula is C22H24BrF2N3O2S. The highest BCUT2D eigenvalue weighted by molar-refractivity contribution is 9.10. The van der Waals surface area contributed by atoms with Gasteiger partial charge in [0.1, 0.15) is 11.6 Å². The number of ether oxygens (including phenoxy) is 1. The van der Waals surface area contributed by atoms with Crippen LogP contribution in [0.5, 0.6) is 0 Å². The van der Waals surface area contributed by atoms with Crippen molar-refractivity contribution in [2.24, 2.45) is 5.41 Å². The Morgan fingerprint density at radius 3 is 2.77 bits per heavy atom. The van der Waals surface area contributed by atoms with E-state index in [0.29, 0.717) is 17.7 Å². The molecule has 2 fully saturated rings. The second-order valence-electron chi connectivity index (χ2n) is 8.98. The number of imidazole rings is 1. The van der Waals surface area contributed by atoms with Crippen LogP contribution in [0.2, 0.25) is 0 Å². The number of carbonyl (C=O) groups excluding carboxylic acids is 1. The van der Waals surface area contributed by atoms with Crippen LogP contribution in [0.15, 0.2) is 16.6 Å². The van der Waals surface area contributed by atoms with Gasteiger partial charge in [0, 0.05) is 49.1 Å². The van der Waals surface area contributed by atoms with E-state index in [-0.39, 0.29) is 33.7 Å². The first-order valence-electron chi connectivity index (χ1n) is 10.7. The summed E-state index contributed by atoms with van der Waals surface area (Å²) < 4.78 is 37.2. The number of nitrogens with zero attached hydrogens (tertiary/aromatic N) is 2. The van der Waals surface area contributed by atoms with Crippen LogP contribution in [-0.4, -0.2) is 46.7 Å². The summed E-state index contributed by atoms with van der Waals surface area (Å²) in [6, 6.07) is 2.65. The van der Waals surface area contributed by atoms with Crippen LogP contribution in [0.25, 0.3) is 0 Å². The number of aromatic nitrogens is 2. The summed E-state index contributed by atoms with van der Waals surface area (Å²) in [5, 5.41) is 0. The van der Waals surface area contributed by atoms with Gasteiger partial charge in [0.25, 0.3) is 0 Å². The standard InChI is InChI=1S/C22H24BrF2N3O2S/c23-14-1-2-15(24)19(20(14)25)13-9-17-16(26-21(31)28(17)11-13)10-18(29)27-6-3-22(4-7-27)5-8-30-12-22/h1-2,13H,3-12H2,(H,26,31)/t13-/m1/s1. The molecule has 9 heteroatoms. The Kier molecular flexibility index (Phi) is 5.55. The number of piperidine rings is 1. The van der Waals surface area contributed by atoms with Crippen molar-refractivity contribution in [2.45, 2.75) is 44.6 Å². The van der Waals surface area contributed by atoms with Gasteiger partial charge in [-0.3, -0.25) is 4.79 Å². The number of hydrogen-bond acceptors (Lipinski definition) is 3. The SMILES string of the molecule is O=C(Cc1[nH]c(=S)n2c1C[C@@H](c1c(F)ccc(Br)c1F)C2)N1CCC2(CCOC2)CC1. The molecule has 3 aliphatic heterocycles. The zero-order valence-corrected chi connectivity index (χ0v) is 19.5. The zero-order chi connectivity index (χ0) is 21.8. The Morgan fingerprint density at radius 1 is 1.29 bits per heavy atom. The lowest BCUT2D eigenvalue weighted by Crippen LogP contribution is -2.44. The summed E-state index contributed by atoms with van der Waals surface area (Å²) in [7, 11) is 0. The molecule has 0 saturated carbocycles. The molecule has 1 aromatic carbocycles. The van der Waals surface area contributed by atoms with Crippen LogP contribution in [0, 0.1) is 21.8 Å². The van der Waals surface area contributed by atoms with Crippen molar-refractivity contribution in [3.05, 3.63) is 50.0 Å². The Bertz CT molecular complexity index is 1080. The first-order chi connectivity index (χ1) is 14.9. The summed E-state index contributed by atoms with van der Waals surface area (Å²) in [5.41, 5.74) is 1.96. The predicted octanol–water partition coefficient (Wildman–Crippen LogP) is 4.50. The van der Waals surface area contributed by atoms with Gasteiger partial charge in [-0.05, 0) is 71.4 Å². The minimum Gasteiger partial charge on any atom is -0.381 e. The molecule has 31 heavy (non-hydrogen) atoms. The molecule has 1 amide bonds. The highest BCUT2D eigenvalue weighted by Crippen LogP contribution is 2.40. The molecule has 0 aliphatic carbocycles. The first kappa shape index (κ1) is 21.3. The van der Waals surface area contributed by atoms with E-state index >= 15 is 0 Å². The van der Waals surface area contributed by atoms with Crippen molar-refractivity contribution < 1.29 is 18.3 Å². The second kappa shape index (κ2) is 8.08. The zero-order valence-electron chi connectivity index (χ0n) is 17.1. The maximum Gasteiger partial charge on any atom is 0.228 e. The minimum absolute atomic E-state index is 0.0664. The lowest BCUT2D eigenvalue weighted by Gasteiger charge is -2.38. The number of fused-ring (bicyclic) bond motifs is 1. The number of halogens is 3. The van der Waals surface area contributed by atoms with Gasteiger partial charge in [-0.15, -0.1) is 0 Å². The van der Waals surface area contributed by atoms with E-state index in [2.05, 4.69) is 20.9 Å². The third-order valence-electron chi connectivity index (χ3n) is 7.20. The summed E-state index contributed by atoms with van der Waals surface area (Å²) in [4.78, 5) is 18.1. The molecule has 5 rings (SSSR count). The monoisotopic (exact) mass is 511 g/mol. The van der Waals surface area contributed by atoms with Gasteiger partial charge in [0.15, 0.2) is 4.77 Å².